The smallest absolute Gasteiger partial charge is 0.167 e. The number of aryl methyl sites for hydroxylation is 1. The van der Waals surface area contributed by atoms with E-state index in [2.05, 4.69) is 21.8 Å². The Balaban J connectivity index is 2.02. The van der Waals surface area contributed by atoms with E-state index in [9.17, 15) is 0 Å². The SMILES string of the molecule is CCNCCCCSc1nccn1C. The standard InChI is InChI=1S/C10H19N3S/c1-3-11-6-4-5-9-14-10-12-7-8-13(10)2/h7-8,11H,3-6,9H2,1-2H3. The lowest BCUT2D eigenvalue weighted by molar-refractivity contribution is 0.665. The molecule has 1 aromatic rings. The van der Waals surface area contributed by atoms with Crippen LogP contribution in [0, 0.1) is 0 Å². The van der Waals surface area contributed by atoms with Gasteiger partial charge >= 0.3 is 0 Å². The third-order valence-electron chi connectivity index (χ3n) is 2.01. The van der Waals surface area contributed by atoms with Crippen LogP contribution in [-0.2, 0) is 7.05 Å². The highest BCUT2D eigenvalue weighted by Gasteiger charge is 1.98. The summed E-state index contributed by atoms with van der Waals surface area (Å²) in [6.07, 6.45) is 6.34. The average Bonchev–Trinajstić information content (AvgIpc) is 2.58. The molecule has 0 aliphatic carbocycles. The summed E-state index contributed by atoms with van der Waals surface area (Å²) in [6, 6.07) is 0. The maximum Gasteiger partial charge on any atom is 0.167 e. The molecule has 0 aliphatic heterocycles. The lowest BCUT2D eigenvalue weighted by Gasteiger charge is -2.02. The zero-order chi connectivity index (χ0) is 10.2. The van der Waals surface area contributed by atoms with Crippen molar-refractivity contribution in [1.29, 1.82) is 0 Å². The molecule has 0 fully saturated rings. The number of nitrogens with zero attached hydrogens (tertiary/aromatic N) is 2. The number of rotatable bonds is 7. The van der Waals surface area contributed by atoms with Crippen LogP contribution in [0.2, 0.25) is 0 Å². The van der Waals surface area contributed by atoms with Crippen molar-refractivity contribution in [2.75, 3.05) is 18.8 Å². The van der Waals surface area contributed by atoms with Crippen molar-refractivity contribution in [2.45, 2.75) is 24.9 Å². The quantitative estimate of drug-likeness (QED) is 0.554. The van der Waals surface area contributed by atoms with E-state index < -0.39 is 0 Å². The summed E-state index contributed by atoms with van der Waals surface area (Å²) in [7, 11) is 2.04. The summed E-state index contributed by atoms with van der Waals surface area (Å²) in [5, 5.41) is 4.44. The van der Waals surface area contributed by atoms with Crippen LogP contribution in [0.5, 0.6) is 0 Å². The van der Waals surface area contributed by atoms with Crippen molar-refractivity contribution >= 4 is 11.8 Å². The van der Waals surface area contributed by atoms with Crippen molar-refractivity contribution in [2.24, 2.45) is 7.05 Å². The van der Waals surface area contributed by atoms with E-state index in [1.807, 2.05) is 31.2 Å². The van der Waals surface area contributed by atoms with Gasteiger partial charge in [-0.25, -0.2) is 4.98 Å². The lowest BCUT2D eigenvalue weighted by Crippen LogP contribution is -2.13. The number of thioether (sulfide) groups is 1. The molecule has 3 nitrogen and oxygen atoms in total. The molecule has 0 unspecified atom stereocenters. The van der Waals surface area contributed by atoms with Gasteiger partial charge in [0.15, 0.2) is 5.16 Å². The lowest BCUT2D eigenvalue weighted by atomic mass is 10.3. The molecule has 0 aromatic carbocycles. The Morgan fingerprint density at radius 2 is 2.36 bits per heavy atom. The minimum atomic E-state index is 1.08. The van der Waals surface area contributed by atoms with Gasteiger partial charge in [0.25, 0.3) is 0 Å². The molecular formula is C10H19N3S. The first-order valence-electron chi connectivity index (χ1n) is 5.15. The molecule has 14 heavy (non-hydrogen) atoms. The van der Waals surface area contributed by atoms with Crippen LogP contribution >= 0.6 is 11.8 Å². The molecule has 0 saturated carbocycles. The van der Waals surface area contributed by atoms with E-state index in [4.69, 9.17) is 0 Å². The summed E-state index contributed by atoms with van der Waals surface area (Å²) in [5.41, 5.74) is 0. The maximum atomic E-state index is 4.26. The molecule has 4 heteroatoms. The van der Waals surface area contributed by atoms with Gasteiger partial charge < -0.3 is 9.88 Å². The fourth-order valence-electron chi connectivity index (χ4n) is 1.18. The Kier molecular flexibility index (Phi) is 5.71. The Bertz CT molecular complexity index is 247. The predicted molar refractivity (Wildman–Crippen MR) is 61.7 cm³/mol. The summed E-state index contributed by atoms with van der Waals surface area (Å²) in [5.74, 6) is 1.16. The van der Waals surface area contributed by atoms with Gasteiger partial charge in [0.1, 0.15) is 0 Å². The average molecular weight is 213 g/mol. The van der Waals surface area contributed by atoms with Crippen molar-refractivity contribution < 1.29 is 0 Å². The van der Waals surface area contributed by atoms with Crippen LogP contribution in [0.15, 0.2) is 17.6 Å². The second-order valence-electron chi connectivity index (χ2n) is 3.23. The fourth-order valence-corrected chi connectivity index (χ4v) is 2.11. The molecular weight excluding hydrogens is 194 g/mol. The van der Waals surface area contributed by atoms with E-state index in [0.717, 1.165) is 24.0 Å². The molecule has 1 aromatic heterocycles. The van der Waals surface area contributed by atoms with Gasteiger partial charge in [-0.05, 0) is 25.9 Å². The molecule has 1 N–H and O–H groups in total. The van der Waals surface area contributed by atoms with Crippen LogP contribution in [-0.4, -0.2) is 28.4 Å². The number of hydrogen-bond acceptors (Lipinski definition) is 3. The first-order valence-corrected chi connectivity index (χ1v) is 6.14. The molecule has 1 rings (SSSR count). The van der Waals surface area contributed by atoms with Gasteiger partial charge in [0, 0.05) is 25.2 Å². The second-order valence-corrected chi connectivity index (χ2v) is 4.29. The van der Waals surface area contributed by atoms with E-state index in [-0.39, 0.29) is 0 Å². The Labute approximate surface area is 90.3 Å². The first kappa shape index (κ1) is 11.6. The molecule has 80 valence electrons. The molecule has 0 amide bonds. The highest BCUT2D eigenvalue weighted by atomic mass is 32.2. The van der Waals surface area contributed by atoms with Crippen molar-refractivity contribution in [3.63, 3.8) is 0 Å². The molecule has 0 atom stereocenters. The van der Waals surface area contributed by atoms with E-state index in [0.29, 0.717) is 0 Å². The minimum Gasteiger partial charge on any atom is -0.329 e. The number of unbranched alkanes of at least 4 members (excludes halogenated alkanes) is 1. The number of aromatic nitrogens is 2. The molecule has 0 bridgehead atoms. The summed E-state index contributed by atoms with van der Waals surface area (Å²) in [4.78, 5) is 4.26. The van der Waals surface area contributed by atoms with Crippen LogP contribution < -0.4 is 5.32 Å². The van der Waals surface area contributed by atoms with Gasteiger partial charge in [-0.15, -0.1) is 0 Å². The second kappa shape index (κ2) is 6.90. The van der Waals surface area contributed by atoms with Crippen LogP contribution in [0.1, 0.15) is 19.8 Å². The van der Waals surface area contributed by atoms with Gasteiger partial charge in [0.2, 0.25) is 0 Å². The molecule has 0 aliphatic rings. The fraction of sp³-hybridized carbons (Fsp3) is 0.700. The molecule has 1 heterocycles. The maximum absolute atomic E-state index is 4.26. The number of imidazole rings is 1. The van der Waals surface area contributed by atoms with Crippen molar-refractivity contribution in [3.05, 3.63) is 12.4 Å². The summed E-state index contributed by atoms with van der Waals surface area (Å²) >= 11 is 1.84. The highest BCUT2D eigenvalue weighted by molar-refractivity contribution is 7.99. The number of hydrogen-bond donors (Lipinski definition) is 1. The zero-order valence-electron chi connectivity index (χ0n) is 8.99. The Morgan fingerprint density at radius 1 is 1.50 bits per heavy atom. The van der Waals surface area contributed by atoms with E-state index in [1.54, 1.807) is 0 Å². The monoisotopic (exact) mass is 213 g/mol. The van der Waals surface area contributed by atoms with Crippen LogP contribution in [0.4, 0.5) is 0 Å². The highest BCUT2D eigenvalue weighted by Crippen LogP contribution is 2.15. The minimum absolute atomic E-state index is 1.08. The zero-order valence-corrected chi connectivity index (χ0v) is 9.81. The van der Waals surface area contributed by atoms with E-state index in [1.165, 1.54) is 12.8 Å². The molecule has 0 spiro atoms. The van der Waals surface area contributed by atoms with Gasteiger partial charge in [-0.3, -0.25) is 0 Å². The Hall–Kier alpha value is -0.480. The van der Waals surface area contributed by atoms with Crippen molar-refractivity contribution in [1.82, 2.24) is 14.9 Å². The third kappa shape index (κ3) is 4.15. The topological polar surface area (TPSA) is 29.9 Å². The van der Waals surface area contributed by atoms with Crippen LogP contribution in [0.3, 0.4) is 0 Å². The van der Waals surface area contributed by atoms with Gasteiger partial charge in [-0.1, -0.05) is 18.7 Å². The molecule has 0 saturated heterocycles. The Morgan fingerprint density at radius 3 is 3.00 bits per heavy atom. The summed E-state index contributed by atoms with van der Waals surface area (Å²) < 4.78 is 2.06. The number of nitrogens with one attached hydrogen (secondary N) is 1. The van der Waals surface area contributed by atoms with Crippen LogP contribution in [0.25, 0.3) is 0 Å². The first-order chi connectivity index (χ1) is 6.84. The summed E-state index contributed by atoms with van der Waals surface area (Å²) in [6.45, 7) is 4.35. The predicted octanol–water partition coefficient (Wildman–Crippen LogP) is 1.90. The third-order valence-corrected chi connectivity index (χ3v) is 3.15. The van der Waals surface area contributed by atoms with Gasteiger partial charge in [0.05, 0.1) is 0 Å². The van der Waals surface area contributed by atoms with Crippen molar-refractivity contribution in [3.8, 4) is 0 Å². The molecule has 0 radical (unpaired) electrons. The van der Waals surface area contributed by atoms with E-state index >= 15 is 0 Å². The normalized spacial score (nSPS) is 10.7. The largest absolute Gasteiger partial charge is 0.329 e. The van der Waals surface area contributed by atoms with Gasteiger partial charge in [-0.2, -0.15) is 0 Å².